The van der Waals surface area contributed by atoms with Crippen LogP contribution < -0.4 is 10.1 Å². The number of carbonyl (C=O) groups excluding carboxylic acids is 1. The number of benzene rings is 2. The minimum Gasteiger partial charge on any atom is -0.484 e. The second kappa shape index (κ2) is 9.85. The van der Waals surface area contributed by atoms with Gasteiger partial charge in [0.1, 0.15) is 10.7 Å². The molecule has 1 aliphatic heterocycles. The summed E-state index contributed by atoms with van der Waals surface area (Å²) < 4.78 is 11.4. The molecule has 2 atom stereocenters. The largest absolute Gasteiger partial charge is 0.484 e. The van der Waals surface area contributed by atoms with Crippen molar-refractivity contribution in [2.75, 3.05) is 25.0 Å². The molecule has 154 valence electrons. The number of ether oxygens (including phenoxy) is 2. The van der Waals surface area contributed by atoms with Gasteiger partial charge in [0.05, 0.1) is 12.2 Å². The Labute approximate surface area is 178 Å². The number of hydrogen-bond donors (Lipinski definition) is 1. The maximum atomic E-state index is 12.1. The zero-order chi connectivity index (χ0) is 20.8. The van der Waals surface area contributed by atoms with Gasteiger partial charge in [0.15, 0.2) is 6.61 Å². The molecular formula is C23H28N2O3S. The summed E-state index contributed by atoms with van der Waals surface area (Å²) in [7, 11) is 0. The predicted octanol–water partition coefficient (Wildman–Crippen LogP) is 4.05. The van der Waals surface area contributed by atoms with E-state index in [0.717, 1.165) is 35.7 Å². The quantitative estimate of drug-likeness (QED) is 0.726. The van der Waals surface area contributed by atoms with E-state index in [2.05, 4.69) is 31.0 Å². The van der Waals surface area contributed by atoms with Crippen molar-refractivity contribution in [1.82, 2.24) is 4.90 Å². The number of thiocarbonyl (C=S) groups is 1. The van der Waals surface area contributed by atoms with Crippen molar-refractivity contribution < 1.29 is 14.3 Å². The van der Waals surface area contributed by atoms with Crippen LogP contribution >= 0.6 is 12.2 Å². The van der Waals surface area contributed by atoms with E-state index in [1.165, 1.54) is 5.56 Å². The number of anilines is 1. The normalized spacial score (nSPS) is 18.9. The SMILES string of the molecule is CCc1ccc(NC(=O)COc2ccc(C(=S)N3C[C@@H](C)O[C@H](C)C3)cc2)cc1. The summed E-state index contributed by atoms with van der Waals surface area (Å²) in [6.45, 7) is 7.76. The molecule has 1 aliphatic rings. The van der Waals surface area contributed by atoms with E-state index < -0.39 is 0 Å². The lowest BCUT2D eigenvalue weighted by atomic mass is 10.1. The van der Waals surface area contributed by atoms with E-state index >= 15 is 0 Å². The van der Waals surface area contributed by atoms with E-state index in [1.54, 1.807) is 0 Å². The molecule has 0 bridgehead atoms. The summed E-state index contributed by atoms with van der Waals surface area (Å²) in [4.78, 5) is 15.1. The number of amides is 1. The number of morpholine rings is 1. The Balaban J connectivity index is 1.50. The van der Waals surface area contributed by atoms with Crippen LogP contribution in [0.2, 0.25) is 0 Å². The van der Waals surface area contributed by atoms with Gasteiger partial charge < -0.3 is 19.7 Å². The van der Waals surface area contributed by atoms with Gasteiger partial charge in [-0.2, -0.15) is 0 Å². The van der Waals surface area contributed by atoms with Crippen molar-refractivity contribution in [1.29, 1.82) is 0 Å². The maximum Gasteiger partial charge on any atom is 0.262 e. The molecule has 1 amide bonds. The smallest absolute Gasteiger partial charge is 0.262 e. The monoisotopic (exact) mass is 412 g/mol. The zero-order valence-corrected chi connectivity index (χ0v) is 18.0. The lowest BCUT2D eigenvalue weighted by molar-refractivity contribution is -0.118. The molecule has 0 radical (unpaired) electrons. The molecule has 29 heavy (non-hydrogen) atoms. The average molecular weight is 413 g/mol. The van der Waals surface area contributed by atoms with Gasteiger partial charge in [0.2, 0.25) is 0 Å². The fraction of sp³-hybridized carbons (Fsp3) is 0.391. The van der Waals surface area contributed by atoms with E-state index in [9.17, 15) is 4.79 Å². The average Bonchev–Trinajstić information content (AvgIpc) is 2.72. The Hall–Kier alpha value is -2.44. The molecule has 0 spiro atoms. The molecule has 1 fully saturated rings. The Bertz CT molecular complexity index is 826. The van der Waals surface area contributed by atoms with Crippen molar-refractivity contribution in [3.63, 3.8) is 0 Å². The lowest BCUT2D eigenvalue weighted by Gasteiger charge is -2.37. The van der Waals surface area contributed by atoms with Gasteiger partial charge in [0.25, 0.3) is 5.91 Å². The first kappa shape index (κ1) is 21.3. The lowest BCUT2D eigenvalue weighted by Crippen LogP contribution is -2.47. The fourth-order valence-electron chi connectivity index (χ4n) is 3.39. The van der Waals surface area contributed by atoms with E-state index in [0.29, 0.717) is 5.75 Å². The number of nitrogens with zero attached hydrogens (tertiary/aromatic N) is 1. The Kier molecular flexibility index (Phi) is 7.23. The predicted molar refractivity (Wildman–Crippen MR) is 120 cm³/mol. The van der Waals surface area contributed by atoms with Crippen molar-refractivity contribution in [3.05, 3.63) is 59.7 Å². The van der Waals surface area contributed by atoms with Crippen molar-refractivity contribution >= 4 is 28.8 Å². The molecule has 1 N–H and O–H groups in total. The van der Waals surface area contributed by atoms with Gasteiger partial charge in [-0.15, -0.1) is 0 Å². The zero-order valence-electron chi connectivity index (χ0n) is 17.2. The second-order valence-electron chi connectivity index (χ2n) is 7.38. The number of nitrogens with one attached hydrogen (secondary N) is 1. The van der Waals surface area contributed by atoms with Crippen molar-refractivity contribution in [2.45, 2.75) is 39.4 Å². The molecule has 0 saturated carbocycles. The first-order chi connectivity index (χ1) is 13.9. The van der Waals surface area contributed by atoms with Crippen LogP contribution in [-0.2, 0) is 16.0 Å². The third-order valence-corrected chi connectivity index (χ3v) is 5.32. The maximum absolute atomic E-state index is 12.1. The van der Waals surface area contributed by atoms with Gasteiger partial charge in [-0.05, 0) is 62.2 Å². The highest BCUT2D eigenvalue weighted by Gasteiger charge is 2.24. The van der Waals surface area contributed by atoms with Crippen LogP contribution in [0.4, 0.5) is 5.69 Å². The Morgan fingerprint density at radius 2 is 1.72 bits per heavy atom. The molecule has 1 saturated heterocycles. The van der Waals surface area contributed by atoms with Crippen LogP contribution in [0.5, 0.6) is 5.75 Å². The number of carbonyl (C=O) groups is 1. The summed E-state index contributed by atoms with van der Waals surface area (Å²) >= 11 is 5.65. The molecule has 2 aromatic carbocycles. The summed E-state index contributed by atoms with van der Waals surface area (Å²) in [6.07, 6.45) is 1.30. The molecule has 0 unspecified atom stereocenters. The van der Waals surface area contributed by atoms with E-state index in [1.807, 2.05) is 48.5 Å². The number of rotatable bonds is 6. The van der Waals surface area contributed by atoms with E-state index in [4.69, 9.17) is 21.7 Å². The standard InChI is InChI=1S/C23H28N2O3S/c1-4-18-5-9-20(10-6-18)24-22(26)15-27-21-11-7-19(8-12-21)23(29)25-13-16(2)28-17(3)14-25/h5-12,16-17H,4,13-15H2,1-3H3,(H,24,26)/t16-,17-/m1/s1. The van der Waals surface area contributed by atoms with Gasteiger partial charge in [-0.1, -0.05) is 31.3 Å². The highest BCUT2D eigenvalue weighted by molar-refractivity contribution is 7.80. The van der Waals surface area contributed by atoms with Crippen LogP contribution in [0, 0.1) is 0 Å². The minimum atomic E-state index is -0.190. The molecule has 5 nitrogen and oxygen atoms in total. The van der Waals surface area contributed by atoms with Crippen LogP contribution in [-0.4, -0.2) is 47.7 Å². The topological polar surface area (TPSA) is 50.8 Å². The van der Waals surface area contributed by atoms with Crippen LogP contribution in [0.15, 0.2) is 48.5 Å². The van der Waals surface area contributed by atoms with Gasteiger partial charge >= 0.3 is 0 Å². The molecule has 6 heteroatoms. The summed E-state index contributed by atoms with van der Waals surface area (Å²) in [5.41, 5.74) is 2.97. The first-order valence-corrected chi connectivity index (χ1v) is 10.4. The highest BCUT2D eigenvalue weighted by Crippen LogP contribution is 2.18. The molecule has 0 aliphatic carbocycles. The first-order valence-electron chi connectivity index (χ1n) is 10.0. The van der Waals surface area contributed by atoms with Crippen LogP contribution in [0.25, 0.3) is 0 Å². The number of aryl methyl sites for hydroxylation is 1. The van der Waals surface area contributed by atoms with E-state index in [-0.39, 0.29) is 24.7 Å². The van der Waals surface area contributed by atoms with Crippen molar-refractivity contribution in [3.8, 4) is 5.75 Å². The third-order valence-electron chi connectivity index (χ3n) is 4.82. The highest BCUT2D eigenvalue weighted by atomic mass is 32.1. The Morgan fingerprint density at radius 1 is 1.10 bits per heavy atom. The molecular weight excluding hydrogens is 384 g/mol. The molecule has 1 heterocycles. The summed E-state index contributed by atoms with van der Waals surface area (Å²) in [5.74, 6) is 0.446. The molecule has 0 aromatic heterocycles. The fourth-order valence-corrected chi connectivity index (χ4v) is 3.67. The van der Waals surface area contributed by atoms with Gasteiger partial charge in [-0.25, -0.2) is 0 Å². The minimum absolute atomic E-state index is 0.0438. The van der Waals surface area contributed by atoms with Crippen LogP contribution in [0.3, 0.4) is 0 Å². The van der Waals surface area contributed by atoms with Gasteiger partial charge in [0, 0.05) is 24.3 Å². The van der Waals surface area contributed by atoms with Gasteiger partial charge in [-0.3, -0.25) is 4.79 Å². The summed E-state index contributed by atoms with van der Waals surface area (Å²) in [6, 6.07) is 15.4. The summed E-state index contributed by atoms with van der Waals surface area (Å²) in [5, 5.41) is 2.84. The van der Waals surface area contributed by atoms with Crippen molar-refractivity contribution in [2.24, 2.45) is 0 Å². The Morgan fingerprint density at radius 3 is 2.31 bits per heavy atom. The molecule has 2 aromatic rings. The second-order valence-corrected chi connectivity index (χ2v) is 7.77. The van der Waals surface area contributed by atoms with Crippen LogP contribution in [0.1, 0.15) is 31.9 Å². The third kappa shape index (κ3) is 6.02. The molecule has 3 rings (SSSR count). The number of hydrogen-bond acceptors (Lipinski definition) is 4.